The fourth-order valence-corrected chi connectivity index (χ4v) is 2.94. The Morgan fingerprint density at radius 2 is 1.94 bits per heavy atom. The Kier molecular flexibility index (Phi) is 4.53. The second-order valence-electron chi connectivity index (χ2n) is 4.57. The summed E-state index contributed by atoms with van der Waals surface area (Å²) < 4.78 is 0. The third-order valence-electron chi connectivity index (χ3n) is 3.16. The zero-order chi connectivity index (χ0) is 12.3. The van der Waals surface area contributed by atoms with Crippen LogP contribution in [0.25, 0.3) is 0 Å². The SMILES string of the molecule is OC1[C@H](O)CN(CCCc2cccs2)C[C@@H]1O. The molecule has 17 heavy (non-hydrogen) atoms. The Morgan fingerprint density at radius 3 is 2.53 bits per heavy atom. The molecule has 0 radical (unpaired) electrons. The summed E-state index contributed by atoms with van der Waals surface area (Å²) in [5.41, 5.74) is 0. The van der Waals surface area contributed by atoms with Gasteiger partial charge in [0.1, 0.15) is 6.10 Å². The Balaban J connectivity index is 1.72. The lowest BCUT2D eigenvalue weighted by atomic mass is 10.0. The minimum Gasteiger partial charge on any atom is -0.389 e. The van der Waals surface area contributed by atoms with E-state index in [1.165, 1.54) is 4.88 Å². The summed E-state index contributed by atoms with van der Waals surface area (Å²) in [6.45, 7) is 1.74. The van der Waals surface area contributed by atoms with E-state index in [0.717, 1.165) is 19.4 Å². The first kappa shape index (κ1) is 13.0. The first-order valence-corrected chi connectivity index (χ1v) is 6.83. The van der Waals surface area contributed by atoms with Crippen LogP contribution in [0.3, 0.4) is 0 Å². The molecule has 1 aliphatic heterocycles. The topological polar surface area (TPSA) is 63.9 Å². The van der Waals surface area contributed by atoms with E-state index in [0.29, 0.717) is 13.1 Å². The minimum atomic E-state index is -0.997. The first-order valence-electron chi connectivity index (χ1n) is 5.96. The largest absolute Gasteiger partial charge is 0.389 e. The normalized spacial score (nSPS) is 30.6. The number of aryl methyl sites for hydroxylation is 1. The number of β-amino-alcohol motifs (C(OH)–C–C–N with tert-alkyl or cyclic N) is 2. The Hall–Kier alpha value is -0.460. The van der Waals surface area contributed by atoms with E-state index >= 15 is 0 Å². The van der Waals surface area contributed by atoms with Crippen LogP contribution >= 0.6 is 11.3 Å². The maximum Gasteiger partial charge on any atom is 0.108 e. The van der Waals surface area contributed by atoms with Crippen molar-refractivity contribution in [3.05, 3.63) is 22.4 Å². The molecule has 1 saturated heterocycles. The Labute approximate surface area is 105 Å². The highest BCUT2D eigenvalue weighted by Crippen LogP contribution is 2.14. The molecule has 1 aromatic heterocycles. The van der Waals surface area contributed by atoms with Crippen LogP contribution in [0, 0.1) is 0 Å². The van der Waals surface area contributed by atoms with Crippen LogP contribution in [0.1, 0.15) is 11.3 Å². The van der Waals surface area contributed by atoms with Crippen molar-refractivity contribution >= 4 is 11.3 Å². The van der Waals surface area contributed by atoms with E-state index in [1.54, 1.807) is 11.3 Å². The molecule has 3 N–H and O–H groups in total. The van der Waals surface area contributed by atoms with Crippen molar-refractivity contribution in [1.29, 1.82) is 0 Å². The van der Waals surface area contributed by atoms with E-state index in [9.17, 15) is 15.3 Å². The molecule has 1 fully saturated rings. The molecule has 0 bridgehead atoms. The molecule has 1 aromatic rings. The van der Waals surface area contributed by atoms with Crippen LogP contribution in [0.4, 0.5) is 0 Å². The number of hydrogen-bond acceptors (Lipinski definition) is 5. The summed E-state index contributed by atoms with van der Waals surface area (Å²) in [5, 5.41) is 30.6. The molecule has 0 aromatic carbocycles. The summed E-state index contributed by atoms with van der Waals surface area (Å²) in [6.07, 6.45) is -0.622. The van der Waals surface area contributed by atoms with Gasteiger partial charge in [0.05, 0.1) is 12.2 Å². The molecule has 96 valence electrons. The van der Waals surface area contributed by atoms with E-state index in [2.05, 4.69) is 11.4 Å². The lowest BCUT2D eigenvalue weighted by Gasteiger charge is -2.36. The van der Waals surface area contributed by atoms with Gasteiger partial charge in [0.2, 0.25) is 0 Å². The second kappa shape index (κ2) is 5.93. The molecular formula is C12H19NO3S. The lowest BCUT2D eigenvalue weighted by molar-refractivity contribution is -0.109. The number of aliphatic hydroxyl groups is 3. The number of thiophene rings is 1. The summed E-state index contributed by atoms with van der Waals surface area (Å²) in [5.74, 6) is 0. The molecule has 3 atom stereocenters. The van der Waals surface area contributed by atoms with Gasteiger partial charge in [0.15, 0.2) is 0 Å². The van der Waals surface area contributed by atoms with Crippen LogP contribution in [0.15, 0.2) is 17.5 Å². The third kappa shape index (κ3) is 3.50. The fourth-order valence-electron chi connectivity index (χ4n) is 2.19. The molecule has 0 spiro atoms. The zero-order valence-corrected chi connectivity index (χ0v) is 10.5. The van der Waals surface area contributed by atoms with Crippen LogP contribution in [-0.4, -0.2) is 58.2 Å². The number of likely N-dealkylation sites (tertiary alicyclic amines) is 1. The zero-order valence-electron chi connectivity index (χ0n) is 9.70. The van der Waals surface area contributed by atoms with E-state index in [-0.39, 0.29) is 0 Å². The molecule has 0 saturated carbocycles. The second-order valence-corrected chi connectivity index (χ2v) is 5.60. The molecule has 1 aliphatic rings. The van der Waals surface area contributed by atoms with Gasteiger partial charge in [-0.3, -0.25) is 4.90 Å². The monoisotopic (exact) mass is 257 g/mol. The van der Waals surface area contributed by atoms with Crippen LogP contribution in [0.2, 0.25) is 0 Å². The van der Waals surface area contributed by atoms with E-state index in [4.69, 9.17) is 0 Å². The van der Waals surface area contributed by atoms with Crippen molar-refractivity contribution in [3.63, 3.8) is 0 Å². The quantitative estimate of drug-likeness (QED) is 0.715. The molecule has 0 aliphatic carbocycles. The van der Waals surface area contributed by atoms with Gasteiger partial charge in [-0.15, -0.1) is 11.3 Å². The Morgan fingerprint density at radius 1 is 1.24 bits per heavy atom. The van der Waals surface area contributed by atoms with Crippen LogP contribution < -0.4 is 0 Å². The van der Waals surface area contributed by atoms with Gasteiger partial charge in [-0.1, -0.05) is 6.07 Å². The summed E-state index contributed by atoms with van der Waals surface area (Å²) in [6, 6.07) is 4.17. The first-order chi connectivity index (χ1) is 8.16. The third-order valence-corrected chi connectivity index (χ3v) is 4.09. The maximum absolute atomic E-state index is 9.55. The van der Waals surface area contributed by atoms with E-state index in [1.807, 2.05) is 11.0 Å². The number of nitrogens with zero attached hydrogens (tertiary/aromatic N) is 1. The predicted octanol–water partition coefficient (Wildman–Crippen LogP) is 0.0790. The molecule has 4 nitrogen and oxygen atoms in total. The number of hydrogen-bond donors (Lipinski definition) is 3. The summed E-state index contributed by atoms with van der Waals surface area (Å²) in [4.78, 5) is 3.37. The van der Waals surface area contributed by atoms with Crippen LogP contribution in [0.5, 0.6) is 0 Å². The average Bonchev–Trinajstić information content (AvgIpc) is 2.79. The van der Waals surface area contributed by atoms with Gasteiger partial charge < -0.3 is 15.3 Å². The van der Waals surface area contributed by atoms with Crippen LogP contribution in [-0.2, 0) is 6.42 Å². The van der Waals surface area contributed by atoms with Gasteiger partial charge in [0, 0.05) is 18.0 Å². The molecule has 5 heteroatoms. The Bertz CT molecular complexity index is 319. The minimum absolute atomic E-state index is 0.447. The molecule has 2 heterocycles. The molecule has 1 unspecified atom stereocenters. The number of aliphatic hydroxyl groups excluding tert-OH is 3. The van der Waals surface area contributed by atoms with Gasteiger partial charge in [-0.25, -0.2) is 0 Å². The van der Waals surface area contributed by atoms with Gasteiger partial charge in [0.25, 0.3) is 0 Å². The summed E-state index contributed by atoms with van der Waals surface area (Å²) in [7, 11) is 0. The predicted molar refractivity (Wildman–Crippen MR) is 67.1 cm³/mol. The number of piperidine rings is 1. The van der Waals surface area contributed by atoms with Crippen molar-refractivity contribution in [2.75, 3.05) is 19.6 Å². The number of rotatable bonds is 4. The van der Waals surface area contributed by atoms with Crippen molar-refractivity contribution < 1.29 is 15.3 Å². The highest BCUT2D eigenvalue weighted by molar-refractivity contribution is 7.09. The lowest BCUT2D eigenvalue weighted by Crippen LogP contribution is -2.55. The highest BCUT2D eigenvalue weighted by Gasteiger charge is 2.32. The maximum atomic E-state index is 9.55. The smallest absolute Gasteiger partial charge is 0.108 e. The van der Waals surface area contributed by atoms with Gasteiger partial charge in [-0.05, 0) is 30.8 Å². The molecule has 0 amide bonds. The standard InChI is InChI=1S/C12H19NO3S/c14-10-7-13(8-11(15)12(10)16)5-1-3-9-4-2-6-17-9/h2,4,6,10-12,14-16H,1,3,5,7-8H2/t10-,11+,12?. The van der Waals surface area contributed by atoms with Gasteiger partial charge in [-0.2, -0.15) is 0 Å². The van der Waals surface area contributed by atoms with Crippen molar-refractivity contribution in [2.45, 2.75) is 31.2 Å². The fraction of sp³-hybridized carbons (Fsp3) is 0.667. The average molecular weight is 257 g/mol. The van der Waals surface area contributed by atoms with E-state index < -0.39 is 18.3 Å². The molecule has 2 rings (SSSR count). The van der Waals surface area contributed by atoms with Crippen molar-refractivity contribution in [3.8, 4) is 0 Å². The highest BCUT2D eigenvalue weighted by atomic mass is 32.1. The summed E-state index contributed by atoms with van der Waals surface area (Å²) >= 11 is 1.75. The van der Waals surface area contributed by atoms with Gasteiger partial charge >= 0.3 is 0 Å². The van der Waals surface area contributed by atoms with Crippen molar-refractivity contribution in [2.24, 2.45) is 0 Å². The molecular weight excluding hydrogens is 238 g/mol. The van der Waals surface area contributed by atoms with Crippen molar-refractivity contribution in [1.82, 2.24) is 4.90 Å².